The number of rotatable bonds is 1. The van der Waals surface area contributed by atoms with Crippen molar-refractivity contribution in [3.8, 4) is 0 Å². The summed E-state index contributed by atoms with van der Waals surface area (Å²) in [6.45, 7) is 7.56. The highest BCUT2D eigenvalue weighted by Crippen LogP contribution is 2.39. The van der Waals surface area contributed by atoms with Crippen LogP contribution in [-0.2, 0) is 4.74 Å². The first kappa shape index (κ1) is 15.2. The van der Waals surface area contributed by atoms with Gasteiger partial charge in [0.2, 0.25) is 0 Å². The van der Waals surface area contributed by atoms with E-state index in [-0.39, 0.29) is 12.1 Å². The van der Waals surface area contributed by atoms with Gasteiger partial charge < -0.3 is 15.0 Å². The molecule has 2 atom stereocenters. The summed E-state index contributed by atoms with van der Waals surface area (Å²) in [7, 11) is 0. The van der Waals surface area contributed by atoms with Crippen molar-refractivity contribution in [1.29, 1.82) is 0 Å². The van der Waals surface area contributed by atoms with Gasteiger partial charge in [0.1, 0.15) is 5.60 Å². The van der Waals surface area contributed by atoms with Crippen LogP contribution >= 0.6 is 0 Å². The van der Waals surface area contributed by atoms with Crippen LogP contribution in [0.5, 0.6) is 0 Å². The van der Waals surface area contributed by atoms with E-state index in [0.29, 0.717) is 5.92 Å². The third kappa shape index (κ3) is 3.06. The van der Waals surface area contributed by atoms with Crippen LogP contribution in [0.2, 0.25) is 0 Å². The average molecular weight is 302 g/mol. The fourth-order valence-corrected chi connectivity index (χ4v) is 3.66. The highest BCUT2D eigenvalue weighted by atomic mass is 16.6. The molecule has 22 heavy (non-hydrogen) atoms. The number of anilines is 1. The van der Waals surface area contributed by atoms with E-state index in [1.807, 2.05) is 25.7 Å². The molecule has 4 nitrogen and oxygen atoms in total. The van der Waals surface area contributed by atoms with Gasteiger partial charge in [-0.15, -0.1) is 0 Å². The van der Waals surface area contributed by atoms with Gasteiger partial charge >= 0.3 is 6.09 Å². The number of ether oxygens (including phenoxy) is 1. The predicted molar refractivity (Wildman–Crippen MR) is 88.3 cm³/mol. The molecule has 0 radical (unpaired) electrons. The van der Waals surface area contributed by atoms with Crippen molar-refractivity contribution in [3.05, 3.63) is 29.8 Å². The minimum absolute atomic E-state index is 0.161. The molecule has 0 aromatic heterocycles. The van der Waals surface area contributed by atoms with E-state index >= 15 is 0 Å². The van der Waals surface area contributed by atoms with Crippen molar-refractivity contribution >= 4 is 11.8 Å². The number of para-hydroxylation sites is 1. The fourth-order valence-electron chi connectivity index (χ4n) is 3.66. The van der Waals surface area contributed by atoms with Gasteiger partial charge in [0, 0.05) is 30.7 Å². The standard InChI is InChI=1S/C18H26N2O2/c1-18(2,3)22-17(21)20-12-6-9-16(20)14-10-11-19-15-8-5-4-7-13(14)15/h4-5,7-8,14,16,19H,6,9-12H2,1-3H3. The SMILES string of the molecule is CC(C)(C)OC(=O)N1CCCC1C1CCNc2ccccc21. The van der Waals surface area contributed by atoms with E-state index < -0.39 is 5.60 Å². The monoisotopic (exact) mass is 302 g/mol. The van der Waals surface area contributed by atoms with Crippen molar-refractivity contribution < 1.29 is 9.53 Å². The highest BCUT2D eigenvalue weighted by Gasteiger charge is 2.38. The normalized spacial score (nSPS) is 24.6. The van der Waals surface area contributed by atoms with Crippen molar-refractivity contribution in [3.63, 3.8) is 0 Å². The van der Waals surface area contributed by atoms with E-state index in [0.717, 1.165) is 32.4 Å². The summed E-state index contributed by atoms with van der Waals surface area (Å²) in [6, 6.07) is 8.74. The molecule has 1 fully saturated rings. The Morgan fingerprint density at radius 3 is 2.82 bits per heavy atom. The first-order valence-corrected chi connectivity index (χ1v) is 8.28. The lowest BCUT2D eigenvalue weighted by atomic mass is 9.84. The Balaban J connectivity index is 1.81. The molecule has 1 saturated heterocycles. The van der Waals surface area contributed by atoms with Crippen LogP contribution in [0.4, 0.5) is 10.5 Å². The summed E-state index contributed by atoms with van der Waals surface area (Å²) >= 11 is 0. The number of hydrogen-bond acceptors (Lipinski definition) is 3. The zero-order chi connectivity index (χ0) is 15.7. The van der Waals surface area contributed by atoms with Crippen LogP contribution in [0, 0.1) is 0 Å². The van der Waals surface area contributed by atoms with Gasteiger partial charge in [0.25, 0.3) is 0 Å². The number of carbonyl (C=O) groups excluding carboxylic acids is 1. The Bertz CT molecular complexity index is 550. The van der Waals surface area contributed by atoms with Gasteiger partial charge in [-0.2, -0.15) is 0 Å². The molecular weight excluding hydrogens is 276 g/mol. The Kier molecular flexibility index (Phi) is 4.02. The van der Waals surface area contributed by atoms with E-state index in [4.69, 9.17) is 4.74 Å². The van der Waals surface area contributed by atoms with Crippen molar-refractivity contribution in [2.75, 3.05) is 18.4 Å². The minimum Gasteiger partial charge on any atom is -0.444 e. The van der Waals surface area contributed by atoms with Crippen LogP contribution < -0.4 is 5.32 Å². The molecule has 0 spiro atoms. The molecule has 2 unspecified atom stereocenters. The van der Waals surface area contributed by atoms with Gasteiger partial charge in [-0.1, -0.05) is 18.2 Å². The maximum atomic E-state index is 12.5. The lowest BCUT2D eigenvalue weighted by Gasteiger charge is -2.36. The van der Waals surface area contributed by atoms with Gasteiger partial charge in [-0.05, 0) is 51.7 Å². The summed E-state index contributed by atoms with van der Waals surface area (Å²) in [5, 5.41) is 3.46. The second-order valence-corrected chi connectivity index (χ2v) is 7.29. The van der Waals surface area contributed by atoms with Crippen molar-refractivity contribution in [2.45, 2.75) is 57.6 Å². The summed E-state index contributed by atoms with van der Waals surface area (Å²) in [5.41, 5.74) is 2.12. The molecule has 120 valence electrons. The molecule has 1 N–H and O–H groups in total. The van der Waals surface area contributed by atoms with E-state index in [1.54, 1.807) is 0 Å². The number of carbonyl (C=O) groups is 1. The number of nitrogens with one attached hydrogen (secondary N) is 1. The maximum Gasteiger partial charge on any atom is 0.410 e. The smallest absolute Gasteiger partial charge is 0.410 e. The third-order valence-corrected chi connectivity index (χ3v) is 4.52. The molecule has 1 aromatic carbocycles. The molecule has 0 saturated carbocycles. The number of hydrogen-bond donors (Lipinski definition) is 1. The molecule has 2 aliphatic heterocycles. The second kappa shape index (κ2) is 5.82. The van der Waals surface area contributed by atoms with E-state index in [1.165, 1.54) is 11.3 Å². The van der Waals surface area contributed by atoms with Gasteiger partial charge in [-0.25, -0.2) is 4.79 Å². The van der Waals surface area contributed by atoms with Crippen molar-refractivity contribution in [1.82, 2.24) is 4.90 Å². The average Bonchev–Trinajstić information content (AvgIpc) is 2.94. The Morgan fingerprint density at radius 1 is 1.27 bits per heavy atom. The van der Waals surface area contributed by atoms with Crippen LogP contribution in [0.25, 0.3) is 0 Å². The largest absolute Gasteiger partial charge is 0.444 e. The fraction of sp³-hybridized carbons (Fsp3) is 0.611. The number of benzene rings is 1. The number of nitrogens with zero attached hydrogens (tertiary/aromatic N) is 1. The predicted octanol–water partition coefficient (Wildman–Crippen LogP) is 3.99. The van der Waals surface area contributed by atoms with Crippen LogP contribution in [0.15, 0.2) is 24.3 Å². The second-order valence-electron chi connectivity index (χ2n) is 7.29. The third-order valence-electron chi connectivity index (χ3n) is 4.52. The molecule has 1 aromatic rings. The molecule has 4 heteroatoms. The van der Waals surface area contributed by atoms with Gasteiger partial charge in [0.15, 0.2) is 0 Å². The summed E-state index contributed by atoms with van der Waals surface area (Å²) in [4.78, 5) is 14.5. The molecular formula is C18H26N2O2. The summed E-state index contributed by atoms with van der Waals surface area (Å²) < 4.78 is 5.60. The van der Waals surface area contributed by atoms with Crippen molar-refractivity contribution in [2.24, 2.45) is 0 Å². The summed E-state index contributed by atoms with van der Waals surface area (Å²) in [5.74, 6) is 0.410. The lowest BCUT2D eigenvalue weighted by molar-refractivity contribution is 0.0203. The van der Waals surface area contributed by atoms with Gasteiger partial charge in [0.05, 0.1) is 0 Å². The van der Waals surface area contributed by atoms with E-state index in [9.17, 15) is 4.79 Å². The zero-order valence-electron chi connectivity index (χ0n) is 13.8. The number of likely N-dealkylation sites (tertiary alicyclic amines) is 1. The summed E-state index contributed by atoms with van der Waals surface area (Å²) in [6.07, 6.45) is 3.04. The first-order valence-electron chi connectivity index (χ1n) is 8.28. The molecule has 3 rings (SSSR count). The zero-order valence-corrected chi connectivity index (χ0v) is 13.8. The van der Waals surface area contributed by atoms with Crippen LogP contribution in [0.1, 0.15) is 51.5 Å². The Labute approximate surface area is 132 Å². The number of fused-ring (bicyclic) bond motifs is 1. The van der Waals surface area contributed by atoms with Gasteiger partial charge in [-0.3, -0.25) is 0 Å². The molecule has 0 bridgehead atoms. The molecule has 1 amide bonds. The quantitative estimate of drug-likeness (QED) is 0.853. The Morgan fingerprint density at radius 2 is 2.05 bits per heavy atom. The molecule has 2 aliphatic rings. The number of amides is 1. The first-order chi connectivity index (χ1) is 10.5. The lowest BCUT2D eigenvalue weighted by Crippen LogP contribution is -2.43. The molecule has 2 heterocycles. The Hall–Kier alpha value is -1.71. The highest BCUT2D eigenvalue weighted by molar-refractivity contribution is 5.69. The minimum atomic E-state index is -0.434. The maximum absolute atomic E-state index is 12.5. The molecule has 0 aliphatic carbocycles. The van der Waals surface area contributed by atoms with Crippen LogP contribution in [0.3, 0.4) is 0 Å². The van der Waals surface area contributed by atoms with E-state index in [2.05, 4.69) is 29.6 Å². The van der Waals surface area contributed by atoms with Crippen LogP contribution in [-0.4, -0.2) is 35.7 Å². The topological polar surface area (TPSA) is 41.6 Å².